The van der Waals surface area contributed by atoms with Crippen LogP contribution in [0.2, 0.25) is 0 Å². The van der Waals surface area contributed by atoms with Crippen molar-refractivity contribution < 1.29 is 4.74 Å². The summed E-state index contributed by atoms with van der Waals surface area (Å²) in [6.45, 7) is 7.61. The van der Waals surface area contributed by atoms with E-state index < -0.39 is 0 Å². The number of benzene rings is 3. The number of hydrogen-bond donors (Lipinski definition) is 0. The fourth-order valence-corrected chi connectivity index (χ4v) is 3.81. The lowest BCUT2D eigenvalue weighted by Crippen LogP contribution is -2.23. The van der Waals surface area contributed by atoms with E-state index >= 15 is 0 Å². The van der Waals surface area contributed by atoms with Gasteiger partial charge in [0.2, 0.25) is 0 Å². The van der Waals surface area contributed by atoms with Gasteiger partial charge in [0.15, 0.2) is 0 Å². The molecule has 26 heavy (non-hydrogen) atoms. The Balaban J connectivity index is 1.89. The van der Waals surface area contributed by atoms with Crippen LogP contribution in [0.15, 0.2) is 54.6 Å². The molecule has 1 atom stereocenters. The number of ether oxygens (including phenoxy) is 1. The van der Waals surface area contributed by atoms with Gasteiger partial charge in [0.25, 0.3) is 0 Å². The molecule has 0 aliphatic rings. The Morgan fingerprint density at radius 2 is 1.81 bits per heavy atom. The average molecular weight is 348 g/mol. The Bertz CT molecular complexity index is 900. The molecular formula is C24H29NO. The summed E-state index contributed by atoms with van der Waals surface area (Å²) in [7, 11) is 3.95. The lowest BCUT2D eigenvalue weighted by Gasteiger charge is -2.28. The molecule has 0 saturated carbocycles. The summed E-state index contributed by atoms with van der Waals surface area (Å²) >= 11 is 0. The molecule has 3 aromatic carbocycles. The molecule has 1 unspecified atom stereocenters. The highest BCUT2D eigenvalue weighted by Gasteiger charge is 2.17. The van der Waals surface area contributed by atoms with Gasteiger partial charge in [0.1, 0.15) is 5.75 Å². The van der Waals surface area contributed by atoms with Crippen LogP contribution in [0.5, 0.6) is 5.75 Å². The largest absolute Gasteiger partial charge is 0.496 e. The van der Waals surface area contributed by atoms with Crippen molar-refractivity contribution in [3.8, 4) is 5.75 Å². The lowest BCUT2D eigenvalue weighted by atomic mass is 9.94. The van der Waals surface area contributed by atoms with Crippen molar-refractivity contribution in [1.29, 1.82) is 0 Å². The van der Waals surface area contributed by atoms with Gasteiger partial charge >= 0.3 is 0 Å². The molecule has 0 aromatic heterocycles. The first-order valence-corrected chi connectivity index (χ1v) is 9.39. The maximum absolute atomic E-state index is 5.46. The predicted molar refractivity (Wildman–Crippen MR) is 111 cm³/mol. The normalized spacial score (nSPS) is 12.5. The molecule has 0 spiro atoms. The Morgan fingerprint density at radius 3 is 2.54 bits per heavy atom. The van der Waals surface area contributed by atoms with Gasteiger partial charge in [-0.05, 0) is 66.4 Å². The molecule has 136 valence electrons. The van der Waals surface area contributed by atoms with Crippen molar-refractivity contribution in [3.63, 3.8) is 0 Å². The summed E-state index contributed by atoms with van der Waals surface area (Å²) in [5, 5.41) is 2.67. The van der Waals surface area contributed by atoms with E-state index in [0.29, 0.717) is 6.04 Å². The third kappa shape index (κ3) is 3.61. The van der Waals surface area contributed by atoms with Crippen LogP contribution in [0.3, 0.4) is 0 Å². The Labute approximate surface area is 157 Å². The smallest absolute Gasteiger partial charge is 0.122 e. The van der Waals surface area contributed by atoms with Crippen LogP contribution in [0.25, 0.3) is 10.8 Å². The van der Waals surface area contributed by atoms with Crippen LogP contribution >= 0.6 is 0 Å². The second-order valence-corrected chi connectivity index (χ2v) is 7.11. The molecule has 2 heteroatoms. The highest BCUT2D eigenvalue weighted by atomic mass is 16.5. The number of hydrogen-bond acceptors (Lipinski definition) is 2. The highest BCUT2D eigenvalue weighted by molar-refractivity contribution is 5.87. The second-order valence-electron chi connectivity index (χ2n) is 7.11. The van der Waals surface area contributed by atoms with E-state index in [1.54, 1.807) is 7.11 Å². The van der Waals surface area contributed by atoms with Gasteiger partial charge in [-0.3, -0.25) is 4.90 Å². The summed E-state index contributed by atoms with van der Waals surface area (Å²) in [6, 6.07) is 20.0. The van der Waals surface area contributed by atoms with Crippen LogP contribution in [0.1, 0.15) is 42.1 Å². The summed E-state index contributed by atoms with van der Waals surface area (Å²) < 4.78 is 5.46. The van der Waals surface area contributed by atoms with E-state index in [1.807, 2.05) is 0 Å². The predicted octanol–water partition coefficient (Wildman–Crippen LogP) is 5.91. The lowest BCUT2D eigenvalue weighted by molar-refractivity contribution is 0.253. The molecule has 0 aliphatic heterocycles. The van der Waals surface area contributed by atoms with E-state index in [0.717, 1.165) is 18.7 Å². The standard InChI is InChI=1S/C24H29NO/c1-6-20-15-19(12-14-23(20)26-5)16-25(4)18(3)24-17(2)11-13-21-9-7-8-10-22(21)24/h7-15,18H,6,16H2,1-5H3. The average Bonchev–Trinajstić information content (AvgIpc) is 2.67. The van der Waals surface area contributed by atoms with Gasteiger partial charge in [-0.25, -0.2) is 0 Å². The van der Waals surface area contributed by atoms with Crippen molar-refractivity contribution in [2.24, 2.45) is 0 Å². The van der Waals surface area contributed by atoms with Crippen LogP contribution in [0, 0.1) is 6.92 Å². The summed E-state index contributed by atoms with van der Waals surface area (Å²) in [4.78, 5) is 2.43. The molecule has 0 N–H and O–H groups in total. The fourth-order valence-electron chi connectivity index (χ4n) is 3.81. The monoisotopic (exact) mass is 347 g/mol. The second kappa shape index (κ2) is 7.92. The van der Waals surface area contributed by atoms with Gasteiger partial charge in [-0.15, -0.1) is 0 Å². The van der Waals surface area contributed by atoms with Crippen molar-refractivity contribution >= 4 is 10.8 Å². The zero-order chi connectivity index (χ0) is 18.7. The molecule has 0 heterocycles. The van der Waals surface area contributed by atoms with E-state index in [-0.39, 0.29) is 0 Å². The van der Waals surface area contributed by atoms with Crippen molar-refractivity contribution in [1.82, 2.24) is 4.90 Å². The van der Waals surface area contributed by atoms with Crippen molar-refractivity contribution in [2.75, 3.05) is 14.2 Å². The van der Waals surface area contributed by atoms with Gasteiger partial charge in [0.05, 0.1) is 7.11 Å². The zero-order valence-electron chi connectivity index (χ0n) is 16.5. The maximum atomic E-state index is 5.46. The maximum Gasteiger partial charge on any atom is 0.122 e. The number of nitrogens with zero attached hydrogens (tertiary/aromatic N) is 1. The first kappa shape index (κ1) is 18.5. The zero-order valence-corrected chi connectivity index (χ0v) is 16.5. The summed E-state index contributed by atoms with van der Waals surface area (Å²) in [5.41, 5.74) is 5.38. The number of fused-ring (bicyclic) bond motifs is 1. The molecule has 3 rings (SSSR count). The Morgan fingerprint density at radius 1 is 1.04 bits per heavy atom. The van der Waals surface area contributed by atoms with Crippen LogP contribution in [0.4, 0.5) is 0 Å². The molecule has 0 amide bonds. The van der Waals surface area contributed by atoms with Gasteiger partial charge in [-0.1, -0.05) is 55.5 Å². The third-order valence-electron chi connectivity index (χ3n) is 5.43. The van der Waals surface area contributed by atoms with Crippen LogP contribution in [-0.4, -0.2) is 19.1 Å². The van der Waals surface area contributed by atoms with Gasteiger partial charge in [0, 0.05) is 12.6 Å². The minimum absolute atomic E-state index is 0.341. The van der Waals surface area contributed by atoms with E-state index in [1.165, 1.54) is 33.0 Å². The van der Waals surface area contributed by atoms with E-state index in [4.69, 9.17) is 4.74 Å². The minimum Gasteiger partial charge on any atom is -0.496 e. The highest BCUT2D eigenvalue weighted by Crippen LogP contribution is 2.31. The molecule has 2 nitrogen and oxygen atoms in total. The van der Waals surface area contributed by atoms with Gasteiger partial charge in [-0.2, -0.15) is 0 Å². The quantitative estimate of drug-likeness (QED) is 0.549. The molecule has 0 fully saturated rings. The molecular weight excluding hydrogens is 318 g/mol. The Hall–Kier alpha value is -2.32. The molecule has 0 saturated heterocycles. The first-order valence-electron chi connectivity index (χ1n) is 9.39. The number of rotatable bonds is 6. The molecule has 0 bridgehead atoms. The van der Waals surface area contributed by atoms with Gasteiger partial charge < -0.3 is 4.74 Å². The summed E-state index contributed by atoms with van der Waals surface area (Å²) in [6.07, 6.45) is 0.985. The number of aryl methyl sites for hydroxylation is 2. The Kier molecular flexibility index (Phi) is 5.63. The fraction of sp³-hybridized carbons (Fsp3) is 0.333. The first-order chi connectivity index (χ1) is 12.5. The summed E-state index contributed by atoms with van der Waals surface area (Å²) in [5.74, 6) is 0.983. The molecule has 0 aliphatic carbocycles. The van der Waals surface area contributed by atoms with E-state index in [2.05, 4.69) is 87.3 Å². The van der Waals surface area contributed by atoms with E-state index in [9.17, 15) is 0 Å². The topological polar surface area (TPSA) is 12.5 Å². The minimum atomic E-state index is 0.341. The van der Waals surface area contributed by atoms with Crippen molar-refractivity contribution in [3.05, 3.63) is 76.9 Å². The molecule has 3 aromatic rings. The van der Waals surface area contributed by atoms with Crippen LogP contribution < -0.4 is 4.74 Å². The number of methoxy groups -OCH3 is 1. The SMILES string of the molecule is CCc1cc(CN(C)C(C)c2c(C)ccc3ccccc23)ccc1OC. The molecule has 0 radical (unpaired) electrons. The van der Waals surface area contributed by atoms with Crippen LogP contribution in [-0.2, 0) is 13.0 Å². The van der Waals surface area contributed by atoms with Crippen molar-refractivity contribution in [2.45, 2.75) is 39.8 Å². The third-order valence-corrected chi connectivity index (χ3v) is 5.43.